The summed E-state index contributed by atoms with van der Waals surface area (Å²) in [6.45, 7) is 0.266. The van der Waals surface area contributed by atoms with Crippen molar-refractivity contribution in [2.24, 2.45) is 0 Å². The first-order valence-electron chi connectivity index (χ1n) is 9.65. The number of nitrogens with zero attached hydrogens (tertiary/aromatic N) is 1. The Hall–Kier alpha value is -3.71. The summed E-state index contributed by atoms with van der Waals surface area (Å²) in [5, 5.41) is 12.9. The van der Waals surface area contributed by atoms with Gasteiger partial charge in [0.05, 0.1) is 5.02 Å². The van der Waals surface area contributed by atoms with Gasteiger partial charge < -0.3 is 15.0 Å². The molecule has 32 heavy (non-hydrogen) atoms. The van der Waals surface area contributed by atoms with E-state index < -0.39 is 11.8 Å². The van der Waals surface area contributed by atoms with Crippen LogP contribution in [0.4, 0.5) is 8.78 Å². The number of aromatic carboxylic acids is 1. The molecule has 1 amide bonds. The number of carboxylic acid groups (broad SMARTS) is 1. The van der Waals surface area contributed by atoms with Crippen LogP contribution in [-0.2, 0) is 13.1 Å². The Morgan fingerprint density at radius 3 is 2.50 bits per heavy atom. The number of rotatable bonds is 6. The first-order valence-corrected chi connectivity index (χ1v) is 10.0. The van der Waals surface area contributed by atoms with E-state index in [4.69, 9.17) is 11.6 Å². The fourth-order valence-corrected chi connectivity index (χ4v) is 3.63. The number of aromatic nitrogens is 1. The molecule has 162 valence electrons. The molecule has 0 aliphatic carbocycles. The lowest BCUT2D eigenvalue weighted by atomic mass is 10.1. The number of hydrogen-bond acceptors (Lipinski definition) is 2. The van der Waals surface area contributed by atoms with Gasteiger partial charge in [0.15, 0.2) is 0 Å². The predicted molar refractivity (Wildman–Crippen MR) is 117 cm³/mol. The molecular weight excluding hydrogens is 438 g/mol. The average Bonchev–Trinajstić information content (AvgIpc) is 3.12. The van der Waals surface area contributed by atoms with Crippen LogP contribution in [0, 0.1) is 11.6 Å². The van der Waals surface area contributed by atoms with Crippen LogP contribution in [0.15, 0.2) is 66.7 Å². The van der Waals surface area contributed by atoms with Crippen LogP contribution in [-0.4, -0.2) is 21.6 Å². The smallest absolute Gasteiger partial charge is 0.352 e. The van der Waals surface area contributed by atoms with E-state index in [1.54, 1.807) is 36.4 Å². The summed E-state index contributed by atoms with van der Waals surface area (Å²) in [4.78, 5) is 24.3. The van der Waals surface area contributed by atoms with E-state index in [1.807, 2.05) is 0 Å². The average molecular weight is 455 g/mol. The Kier molecular flexibility index (Phi) is 5.92. The van der Waals surface area contributed by atoms with Crippen molar-refractivity contribution in [1.29, 1.82) is 0 Å². The number of carbonyl (C=O) groups is 2. The molecule has 3 aromatic carbocycles. The van der Waals surface area contributed by atoms with Gasteiger partial charge in [0, 0.05) is 29.6 Å². The predicted octanol–water partition coefficient (Wildman–Crippen LogP) is 5.25. The molecule has 0 aliphatic heterocycles. The number of hydrogen-bond donors (Lipinski definition) is 2. The SMILES string of the molecule is O=C(NCc1cccc(F)c1)c1ccc2c(c1)cc(C(=O)O)n2Cc1ccc(Cl)c(F)c1. The lowest BCUT2D eigenvalue weighted by Crippen LogP contribution is -2.22. The van der Waals surface area contributed by atoms with Crippen LogP contribution >= 0.6 is 11.6 Å². The number of halogens is 3. The third-order valence-electron chi connectivity index (χ3n) is 5.05. The normalized spacial score (nSPS) is 11.0. The lowest BCUT2D eigenvalue weighted by Gasteiger charge is -2.10. The molecule has 0 saturated carbocycles. The van der Waals surface area contributed by atoms with Gasteiger partial charge in [-0.15, -0.1) is 0 Å². The van der Waals surface area contributed by atoms with Crippen LogP contribution < -0.4 is 5.32 Å². The molecule has 0 radical (unpaired) electrons. The van der Waals surface area contributed by atoms with Gasteiger partial charge >= 0.3 is 5.97 Å². The van der Waals surface area contributed by atoms with Crippen molar-refractivity contribution in [3.05, 3.63) is 106 Å². The lowest BCUT2D eigenvalue weighted by molar-refractivity contribution is 0.0686. The van der Waals surface area contributed by atoms with Gasteiger partial charge in [0.2, 0.25) is 0 Å². The van der Waals surface area contributed by atoms with Crippen LogP contribution in [0.5, 0.6) is 0 Å². The summed E-state index contributed by atoms with van der Waals surface area (Å²) in [6, 6.07) is 16.5. The molecule has 4 rings (SSSR count). The Balaban J connectivity index is 1.62. The van der Waals surface area contributed by atoms with Gasteiger partial charge in [-0.3, -0.25) is 4.79 Å². The first kappa shape index (κ1) is 21.5. The van der Waals surface area contributed by atoms with Crippen molar-refractivity contribution >= 4 is 34.4 Å². The largest absolute Gasteiger partial charge is 0.477 e. The summed E-state index contributed by atoms with van der Waals surface area (Å²) in [5.74, 6) is -2.50. The van der Waals surface area contributed by atoms with Crippen molar-refractivity contribution in [3.63, 3.8) is 0 Å². The Morgan fingerprint density at radius 1 is 0.969 bits per heavy atom. The Morgan fingerprint density at radius 2 is 1.78 bits per heavy atom. The van der Waals surface area contributed by atoms with Crippen molar-refractivity contribution in [3.8, 4) is 0 Å². The molecule has 8 heteroatoms. The van der Waals surface area contributed by atoms with Gasteiger partial charge in [-0.2, -0.15) is 0 Å². The molecule has 1 heterocycles. The molecule has 0 unspecified atom stereocenters. The third-order valence-corrected chi connectivity index (χ3v) is 5.36. The van der Waals surface area contributed by atoms with Crippen LogP contribution in [0.3, 0.4) is 0 Å². The van der Waals surface area contributed by atoms with E-state index in [0.29, 0.717) is 27.6 Å². The summed E-state index contributed by atoms with van der Waals surface area (Å²) in [5.41, 5.74) is 2.09. The molecule has 2 N–H and O–H groups in total. The van der Waals surface area contributed by atoms with E-state index in [1.165, 1.54) is 34.9 Å². The topological polar surface area (TPSA) is 71.3 Å². The minimum Gasteiger partial charge on any atom is -0.477 e. The number of benzene rings is 3. The van der Waals surface area contributed by atoms with Crippen LogP contribution in [0.2, 0.25) is 5.02 Å². The maximum Gasteiger partial charge on any atom is 0.352 e. The summed E-state index contributed by atoms with van der Waals surface area (Å²) >= 11 is 5.73. The molecule has 0 atom stereocenters. The van der Waals surface area contributed by atoms with Crippen molar-refractivity contribution in [2.75, 3.05) is 0 Å². The number of nitrogens with one attached hydrogen (secondary N) is 1. The second-order valence-corrected chi connectivity index (χ2v) is 7.66. The monoisotopic (exact) mass is 454 g/mol. The number of carbonyl (C=O) groups excluding carboxylic acids is 1. The highest BCUT2D eigenvalue weighted by molar-refractivity contribution is 6.30. The minimum absolute atomic E-state index is 0.00711. The summed E-state index contributed by atoms with van der Waals surface area (Å²) in [7, 11) is 0. The number of fused-ring (bicyclic) bond motifs is 1. The van der Waals surface area contributed by atoms with Gasteiger partial charge in [0.1, 0.15) is 17.3 Å². The highest BCUT2D eigenvalue weighted by atomic mass is 35.5. The van der Waals surface area contributed by atoms with E-state index in [-0.39, 0.29) is 35.5 Å². The Bertz CT molecular complexity index is 1350. The van der Waals surface area contributed by atoms with Crippen molar-refractivity contribution in [2.45, 2.75) is 13.1 Å². The van der Waals surface area contributed by atoms with Crippen LogP contribution in [0.1, 0.15) is 32.0 Å². The molecule has 1 aromatic heterocycles. The van der Waals surface area contributed by atoms with E-state index in [0.717, 1.165) is 0 Å². The molecule has 0 bridgehead atoms. The number of amides is 1. The van der Waals surface area contributed by atoms with Crippen molar-refractivity contribution < 1.29 is 23.5 Å². The highest BCUT2D eigenvalue weighted by Crippen LogP contribution is 2.24. The van der Waals surface area contributed by atoms with E-state index in [9.17, 15) is 23.5 Å². The van der Waals surface area contributed by atoms with Crippen LogP contribution in [0.25, 0.3) is 10.9 Å². The first-order chi connectivity index (χ1) is 15.3. The molecular formula is C24H17ClF2N2O3. The fraction of sp³-hybridized carbons (Fsp3) is 0.0833. The quantitative estimate of drug-likeness (QED) is 0.418. The number of carboxylic acids is 1. The summed E-state index contributed by atoms with van der Waals surface area (Å²) < 4.78 is 28.7. The molecule has 4 aromatic rings. The fourth-order valence-electron chi connectivity index (χ4n) is 3.51. The zero-order valence-electron chi connectivity index (χ0n) is 16.6. The highest BCUT2D eigenvalue weighted by Gasteiger charge is 2.17. The standard InChI is InChI=1S/C24H17ClF2N2O3/c25-19-6-4-15(9-20(19)27)13-29-21-7-5-16(10-17(21)11-22(29)24(31)32)23(30)28-12-14-2-1-3-18(26)8-14/h1-11H,12-13H2,(H,28,30)(H,31,32). The minimum atomic E-state index is -1.15. The maximum absolute atomic E-state index is 13.8. The van der Waals surface area contributed by atoms with Gasteiger partial charge in [-0.05, 0) is 59.7 Å². The molecule has 5 nitrogen and oxygen atoms in total. The zero-order chi connectivity index (χ0) is 22.8. The van der Waals surface area contributed by atoms with Gasteiger partial charge in [0.25, 0.3) is 5.91 Å². The molecule has 0 saturated heterocycles. The Labute approximate surface area is 186 Å². The van der Waals surface area contributed by atoms with Gasteiger partial charge in [-0.25, -0.2) is 13.6 Å². The zero-order valence-corrected chi connectivity index (χ0v) is 17.4. The molecule has 0 aliphatic rings. The second kappa shape index (κ2) is 8.80. The summed E-state index contributed by atoms with van der Waals surface area (Å²) in [6.07, 6.45) is 0. The van der Waals surface area contributed by atoms with E-state index >= 15 is 0 Å². The van der Waals surface area contributed by atoms with Crippen molar-refractivity contribution in [1.82, 2.24) is 9.88 Å². The molecule has 0 fully saturated rings. The third kappa shape index (κ3) is 4.48. The van der Waals surface area contributed by atoms with Gasteiger partial charge in [-0.1, -0.05) is 29.8 Å². The maximum atomic E-state index is 13.8. The molecule has 0 spiro atoms. The van der Waals surface area contributed by atoms with E-state index in [2.05, 4.69) is 5.32 Å². The second-order valence-electron chi connectivity index (χ2n) is 7.26.